The molecule has 5 rings (SSSR count). The molecule has 0 spiro atoms. The summed E-state index contributed by atoms with van der Waals surface area (Å²) in [7, 11) is 1.67. The minimum absolute atomic E-state index is 0.578. The highest BCUT2D eigenvalue weighted by atomic mass is 16.5. The maximum atomic E-state index is 5.31. The number of rotatable bonds is 6. The van der Waals surface area contributed by atoms with E-state index < -0.39 is 0 Å². The molecule has 6 nitrogen and oxygen atoms in total. The van der Waals surface area contributed by atoms with Crippen LogP contribution in [0.5, 0.6) is 5.75 Å². The number of fused-ring (bicyclic) bond motifs is 1. The second kappa shape index (κ2) is 8.28. The van der Waals surface area contributed by atoms with Crippen LogP contribution in [0.15, 0.2) is 91.5 Å². The third-order valence-electron chi connectivity index (χ3n) is 5.18. The monoisotopic (exact) mass is 407 g/mol. The fraction of sp³-hybridized carbons (Fsp3) is 0.0800. The topological polar surface area (TPSA) is 64.9 Å². The molecule has 0 atom stereocenters. The van der Waals surface area contributed by atoms with Crippen molar-refractivity contribution in [3.05, 3.63) is 97.2 Å². The number of hydrogen-bond acceptors (Lipinski definition) is 5. The van der Waals surface area contributed by atoms with Crippen molar-refractivity contribution in [2.75, 3.05) is 12.4 Å². The van der Waals surface area contributed by atoms with Crippen LogP contribution in [0.1, 0.15) is 5.69 Å². The van der Waals surface area contributed by atoms with Crippen molar-refractivity contribution in [2.45, 2.75) is 6.54 Å². The number of hydrogen-bond donors (Lipinski definition) is 1. The predicted octanol–water partition coefficient (Wildman–Crippen LogP) is 5.10. The van der Waals surface area contributed by atoms with Crippen molar-refractivity contribution < 1.29 is 4.74 Å². The van der Waals surface area contributed by atoms with Gasteiger partial charge in [-0.3, -0.25) is 4.98 Å². The summed E-state index contributed by atoms with van der Waals surface area (Å²) in [5.74, 6) is 1.60. The molecule has 3 heterocycles. The van der Waals surface area contributed by atoms with Gasteiger partial charge in [0.25, 0.3) is 0 Å². The molecule has 0 fully saturated rings. The van der Waals surface area contributed by atoms with Gasteiger partial charge in [-0.05, 0) is 42.0 Å². The van der Waals surface area contributed by atoms with Gasteiger partial charge in [0.05, 0.1) is 24.7 Å². The molecule has 5 aromatic rings. The summed E-state index contributed by atoms with van der Waals surface area (Å²) >= 11 is 0. The molecule has 0 unspecified atom stereocenters. The van der Waals surface area contributed by atoms with E-state index >= 15 is 0 Å². The Hall–Kier alpha value is -4.19. The number of aromatic nitrogens is 4. The first kappa shape index (κ1) is 18.8. The van der Waals surface area contributed by atoms with Crippen LogP contribution in [-0.4, -0.2) is 26.6 Å². The molecule has 0 aliphatic carbocycles. The molecule has 0 aliphatic rings. The summed E-state index contributed by atoms with van der Waals surface area (Å²) in [5, 5.41) is 4.42. The van der Waals surface area contributed by atoms with Crippen LogP contribution in [0.4, 0.5) is 5.82 Å². The number of nitrogens with one attached hydrogen (secondary N) is 1. The fourth-order valence-electron chi connectivity index (χ4n) is 3.65. The van der Waals surface area contributed by atoms with E-state index in [9.17, 15) is 0 Å². The Morgan fingerprint density at radius 3 is 2.42 bits per heavy atom. The van der Waals surface area contributed by atoms with E-state index in [1.165, 1.54) is 0 Å². The lowest BCUT2D eigenvalue weighted by molar-refractivity contribution is 0.415. The van der Waals surface area contributed by atoms with Crippen LogP contribution in [0.3, 0.4) is 0 Å². The number of benzene rings is 2. The molecular formula is C25H21N5O. The molecule has 31 heavy (non-hydrogen) atoms. The average Bonchev–Trinajstić information content (AvgIpc) is 3.24. The Balaban J connectivity index is 1.65. The van der Waals surface area contributed by atoms with Gasteiger partial charge in [-0.25, -0.2) is 9.97 Å². The van der Waals surface area contributed by atoms with Crippen LogP contribution in [0.25, 0.3) is 27.8 Å². The van der Waals surface area contributed by atoms with Gasteiger partial charge in [0.15, 0.2) is 5.65 Å². The van der Waals surface area contributed by atoms with Crippen LogP contribution < -0.4 is 10.1 Å². The largest absolute Gasteiger partial charge is 0.497 e. The smallest absolute Gasteiger partial charge is 0.150 e. The molecule has 0 bridgehead atoms. The molecule has 1 N–H and O–H groups in total. The van der Waals surface area contributed by atoms with Gasteiger partial charge in [-0.2, -0.15) is 0 Å². The van der Waals surface area contributed by atoms with E-state index in [1.54, 1.807) is 19.6 Å². The zero-order valence-electron chi connectivity index (χ0n) is 17.1. The van der Waals surface area contributed by atoms with E-state index in [4.69, 9.17) is 4.74 Å². The maximum absolute atomic E-state index is 5.31. The van der Waals surface area contributed by atoms with Crippen molar-refractivity contribution in [3.8, 4) is 22.6 Å². The molecule has 2 aromatic carbocycles. The first-order valence-corrected chi connectivity index (χ1v) is 10.0. The van der Waals surface area contributed by atoms with Gasteiger partial charge in [0, 0.05) is 23.6 Å². The highest BCUT2D eigenvalue weighted by molar-refractivity contribution is 6.02. The van der Waals surface area contributed by atoms with E-state index in [-0.39, 0.29) is 0 Å². The SMILES string of the molecule is COc1ccc(-n2cc(-c3ccccc3)c3c(NCc4ccccn4)ncnc32)cc1. The van der Waals surface area contributed by atoms with Gasteiger partial charge in [0.2, 0.25) is 0 Å². The minimum Gasteiger partial charge on any atom is -0.497 e. The van der Waals surface area contributed by atoms with Crippen LogP contribution in [0.2, 0.25) is 0 Å². The van der Waals surface area contributed by atoms with Crippen LogP contribution in [-0.2, 0) is 6.54 Å². The molecule has 3 aromatic heterocycles. The third-order valence-corrected chi connectivity index (χ3v) is 5.18. The van der Waals surface area contributed by atoms with E-state index in [0.717, 1.165) is 45.1 Å². The third kappa shape index (κ3) is 3.71. The quantitative estimate of drug-likeness (QED) is 0.424. The van der Waals surface area contributed by atoms with Crippen LogP contribution in [0, 0.1) is 0 Å². The molecule has 6 heteroatoms. The molecule has 0 radical (unpaired) electrons. The Labute approximate surface area is 180 Å². The lowest BCUT2D eigenvalue weighted by atomic mass is 10.1. The Morgan fingerprint density at radius 1 is 0.871 bits per heavy atom. The van der Waals surface area contributed by atoms with Gasteiger partial charge in [0.1, 0.15) is 17.9 Å². The summed E-state index contributed by atoms with van der Waals surface area (Å²) in [4.78, 5) is 13.6. The van der Waals surface area contributed by atoms with Gasteiger partial charge in [-0.15, -0.1) is 0 Å². The summed E-state index contributed by atoms with van der Waals surface area (Å²) in [6.45, 7) is 0.578. The van der Waals surface area contributed by atoms with E-state index in [1.807, 2.05) is 60.7 Å². The summed E-state index contributed by atoms with van der Waals surface area (Å²) in [6, 6.07) is 24.1. The highest BCUT2D eigenvalue weighted by Gasteiger charge is 2.17. The van der Waals surface area contributed by atoms with Gasteiger partial charge >= 0.3 is 0 Å². The first-order valence-electron chi connectivity index (χ1n) is 10.0. The lowest BCUT2D eigenvalue weighted by Gasteiger charge is -2.09. The maximum Gasteiger partial charge on any atom is 0.150 e. The summed E-state index contributed by atoms with van der Waals surface area (Å²) < 4.78 is 7.40. The molecule has 0 saturated heterocycles. The normalized spacial score (nSPS) is 10.9. The fourth-order valence-corrected chi connectivity index (χ4v) is 3.65. The second-order valence-electron chi connectivity index (χ2n) is 7.07. The average molecular weight is 407 g/mol. The molecular weight excluding hydrogens is 386 g/mol. The number of ether oxygens (including phenoxy) is 1. The van der Waals surface area contributed by atoms with Crippen molar-refractivity contribution in [1.29, 1.82) is 0 Å². The highest BCUT2D eigenvalue weighted by Crippen LogP contribution is 2.35. The molecule has 0 aliphatic heterocycles. The number of anilines is 1. The number of pyridine rings is 1. The summed E-state index contributed by atoms with van der Waals surface area (Å²) in [6.07, 6.45) is 5.50. The number of methoxy groups -OCH3 is 1. The standard InChI is InChI=1S/C25H21N5O/c1-31-21-12-10-20(11-13-21)30-16-22(18-7-3-2-4-8-18)23-24(28-17-29-25(23)30)27-15-19-9-5-6-14-26-19/h2-14,16-17H,15H2,1H3,(H,27,28,29). The molecule has 152 valence electrons. The van der Waals surface area contributed by atoms with E-state index in [2.05, 4.69) is 43.2 Å². The van der Waals surface area contributed by atoms with Crippen molar-refractivity contribution >= 4 is 16.9 Å². The van der Waals surface area contributed by atoms with Crippen molar-refractivity contribution in [2.24, 2.45) is 0 Å². The zero-order valence-corrected chi connectivity index (χ0v) is 17.1. The Bertz CT molecular complexity index is 1300. The minimum atomic E-state index is 0.578. The Kier molecular flexibility index (Phi) is 5.02. The predicted molar refractivity (Wildman–Crippen MR) is 122 cm³/mol. The van der Waals surface area contributed by atoms with Gasteiger partial charge < -0.3 is 14.6 Å². The summed E-state index contributed by atoms with van der Waals surface area (Å²) in [5.41, 5.74) is 4.96. The van der Waals surface area contributed by atoms with Crippen LogP contribution >= 0.6 is 0 Å². The number of nitrogens with zero attached hydrogens (tertiary/aromatic N) is 4. The second-order valence-corrected chi connectivity index (χ2v) is 7.07. The lowest BCUT2D eigenvalue weighted by Crippen LogP contribution is -2.04. The first-order chi connectivity index (χ1) is 15.3. The van der Waals surface area contributed by atoms with E-state index in [0.29, 0.717) is 6.54 Å². The molecule has 0 saturated carbocycles. The van der Waals surface area contributed by atoms with Gasteiger partial charge in [-0.1, -0.05) is 36.4 Å². The van der Waals surface area contributed by atoms with Crippen molar-refractivity contribution in [1.82, 2.24) is 19.5 Å². The Morgan fingerprint density at radius 2 is 1.68 bits per heavy atom. The molecule has 0 amide bonds. The van der Waals surface area contributed by atoms with Crippen molar-refractivity contribution in [3.63, 3.8) is 0 Å². The zero-order chi connectivity index (χ0) is 21.0.